The van der Waals surface area contributed by atoms with Gasteiger partial charge in [-0.3, -0.25) is 9.58 Å². The van der Waals surface area contributed by atoms with Crippen LogP contribution in [0.1, 0.15) is 45.0 Å². The minimum atomic E-state index is 0.366. The van der Waals surface area contributed by atoms with Gasteiger partial charge in [0.25, 0.3) is 0 Å². The summed E-state index contributed by atoms with van der Waals surface area (Å²) >= 11 is 0. The highest BCUT2D eigenvalue weighted by molar-refractivity contribution is 5.07. The highest BCUT2D eigenvalue weighted by atomic mass is 15.3. The average Bonchev–Trinajstić information content (AvgIpc) is 2.95. The zero-order valence-corrected chi connectivity index (χ0v) is 11.3. The summed E-state index contributed by atoms with van der Waals surface area (Å²) < 4.78 is 2.21. The van der Waals surface area contributed by atoms with E-state index in [4.69, 9.17) is 0 Å². The molecule has 1 aliphatic heterocycles. The van der Waals surface area contributed by atoms with Gasteiger partial charge in [0.05, 0.1) is 11.7 Å². The fourth-order valence-electron chi connectivity index (χ4n) is 2.56. The number of nitrogens with one attached hydrogen (secondary N) is 1. The van der Waals surface area contributed by atoms with Crippen molar-refractivity contribution in [2.24, 2.45) is 0 Å². The lowest BCUT2D eigenvalue weighted by atomic mass is 10.2. The monoisotopic (exact) mass is 236 g/mol. The third-order valence-electron chi connectivity index (χ3n) is 3.85. The molecule has 1 fully saturated rings. The van der Waals surface area contributed by atoms with Crippen molar-refractivity contribution in [2.45, 2.75) is 45.3 Å². The molecule has 0 spiro atoms. The number of hydrogen-bond donors (Lipinski definition) is 1. The molecule has 1 saturated heterocycles. The predicted molar refractivity (Wildman–Crippen MR) is 70.1 cm³/mol. The number of hydrogen-bond acceptors (Lipinski definition) is 3. The minimum Gasteiger partial charge on any atom is -0.312 e. The van der Waals surface area contributed by atoms with Crippen LogP contribution in [0, 0.1) is 0 Å². The van der Waals surface area contributed by atoms with Gasteiger partial charge in [-0.25, -0.2) is 0 Å². The van der Waals surface area contributed by atoms with Crippen molar-refractivity contribution < 1.29 is 0 Å². The SMILES string of the molecule is CNC(C)c1ccnn1C1CCN(C(C)C)C1. The van der Waals surface area contributed by atoms with Crippen molar-refractivity contribution in [3.63, 3.8) is 0 Å². The maximum Gasteiger partial charge on any atom is 0.0662 e. The summed E-state index contributed by atoms with van der Waals surface area (Å²) in [4.78, 5) is 2.53. The van der Waals surface area contributed by atoms with Crippen LogP contribution in [0.15, 0.2) is 12.3 Å². The Hall–Kier alpha value is -0.870. The van der Waals surface area contributed by atoms with E-state index in [1.807, 2.05) is 13.2 Å². The zero-order valence-electron chi connectivity index (χ0n) is 11.3. The first-order valence-electron chi connectivity index (χ1n) is 6.58. The van der Waals surface area contributed by atoms with Gasteiger partial charge in [-0.2, -0.15) is 5.10 Å². The van der Waals surface area contributed by atoms with Crippen molar-refractivity contribution in [3.8, 4) is 0 Å². The van der Waals surface area contributed by atoms with Crippen LogP contribution in [0.25, 0.3) is 0 Å². The fourth-order valence-corrected chi connectivity index (χ4v) is 2.56. The van der Waals surface area contributed by atoms with Gasteiger partial charge in [-0.15, -0.1) is 0 Å². The molecule has 1 aromatic heterocycles. The Morgan fingerprint density at radius 3 is 2.76 bits per heavy atom. The summed E-state index contributed by atoms with van der Waals surface area (Å²) in [5.74, 6) is 0. The highest BCUT2D eigenvalue weighted by Gasteiger charge is 2.27. The largest absolute Gasteiger partial charge is 0.312 e. The van der Waals surface area contributed by atoms with E-state index in [2.05, 4.69) is 46.8 Å². The number of nitrogens with zero attached hydrogens (tertiary/aromatic N) is 3. The van der Waals surface area contributed by atoms with Crippen LogP contribution >= 0.6 is 0 Å². The quantitative estimate of drug-likeness (QED) is 0.865. The van der Waals surface area contributed by atoms with E-state index in [1.54, 1.807) is 0 Å². The molecular formula is C13H24N4. The first-order valence-corrected chi connectivity index (χ1v) is 6.58. The Balaban J connectivity index is 2.11. The van der Waals surface area contributed by atoms with Crippen LogP contribution in [-0.2, 0) is 0 Å². The lowest BCUT2D eigenvalue weighted by molar-refractivity contribution is 0.261. The molecule has 17 heavy (non-hydrogen) atoms. The Morgan fingerprint density at radius 2 is 2.18 bits per heavy atom. The fraction of sp³-hybridized carbons (Fsp3) is 0.769. The van der Waals surface area contributed by atoms with E-state index in [-0.39, 0.29) is 0 Å². The molecule has 1 aromatic rings. The first-order chi connectivity index (χ1) is 8.13. The second-order valence-electron chi connectivity index (χ2n) is 5.24. The van der Waals surface area contributed by atoms with Gasteiger partial charge < -0.3 is 5.32 Å². The number of likely N-dealkylation sites (tertiary alicyclic amines) is 1. The topological polar surface area (TPSA) is 33.1 Å². The van der Waals surface area contributed by atoms with Gasteiger partial charge >= 0.3 is 0 Å². The molecule has 2 heterocycles. The van der Waals surface area contributed by atoms with Gasteiger partial charge in [0.2, 0.25) is 0 Å². The smallest absolute Gasteiger partial charge is 0.0662 e. The summed E-state index contributed by atoms with van der Waals surface area (Å²) in [6.45, 7) is 9.03. The van der Waals surface area contributed by atoms with Gasteiger partial charge in [0.1, 0.15) is 0 Å². The van der Waals surface area contributed by atoms with Crippen LogP contribution in [0.4, 0.5) is 0 Å². The summed E-state index contributed by atoms with van der Waals surface area (Å²) in [6.07, 6.45) is 3.13. The van der Waals surface area contributed by atoms with Gasteiger partial charge in [-0.1, -0.05) is 0 Å². The van der Waals surface area contributed by atoms with Crippen LogP contribution < -0.4 is 5.32 Å². The van der Waals surface area contributed by atoms with Crippen molar-refractivity contribution in [2.75, 3.05) is 20.1 Å². The van der Waals surface area contributed by atoms with Crippen LogP contribution in [-0.4, -0.2) is 40.9 Å². The molecule has 1 aliphatic rings. The standard InChI is InChI=1S/C13H24N4/c1-10(2)16-8-6-12(9-16)17-13(5-7-15-17)11(3)14-4/h5,7,10-12,14H,6,8-9H2,1-4H3. The number of rotatable bonds is 4. The minimum absolute atomic E-state index is 0.366. The molecule has 4 nitrogen and oxygen atoms in total. The normalized spacial score (nSPS) is 23.5. The molecule has 96 valence electrons. The van der Waals surface area contributed by atoms with E-state index in [0.717, 1.165) is 6.54 Å². The lowest BCUT2D eigenvalue weighted by Gasteiger charge is -2.22. The molecule has 0 bridgehead atoms. The van der Waals surface area contributed by atoms with Gasteiger partial charge in [0.15, 0.2) is 0 Å². The first kappa shape index (κ1) is 12.6. The summed E-state index contributed by atoms with van der Waals surface area (Å²) in [6, 6.07) is 3.67. The highest BCUT2D eigenvalue weighted by Crippen LogP contribution is 2.25. The zero-order chi connectivity index (χ0) is 12.4. The van der Waals surface area contributed by atoms with E-state index in [9.17, 15) is 0 Å². The molecule has 2 atom stereocenters. The molecule has 4 heteroatoms. The molecule has 0 aliphatic carbocycles. The molecule has 0 aromatic carbocycles. The van der Waals surface area contributed by atoms with Crippen molar-refractivity contribution in [3.05, 3.63) is 18.0 Å². The van der Waals surface area contributed by atoms with Gasteiger partial charge in [-0.05, 0) is 40.3 Å². The van der Waals surface area contributed by atoms with Crippen LogP contribution in [0.5, 0.6) is 0 Å². The Bertz CT molecular complexity index is 358. The molecular weight excluding hydrogens is 212 g/mol. The van der Waals surface area contributed by atoms with Crippen molar-refractivity contribution >= 4 is 0 Å². The van der Waals surface area contributed by atoms with E-state index in [1.165, 1.54) is 18.7 Å². The molecule has 2 unspecified atom stereocenters. The summed E-state index contributed by atoms with van der Waals surface area (Å²) in [5, 5.41) is 7.80. The van der Waals surface area contributed by atoms with E-state index < -0.39 is 0 Å². The van der Waals surface area contributed by atoms with Crippen molar-refractivity contribution in [1.82, 2.24) is 20.0 Å². The maximum absolute atomic E-state index is 4.51. The summed E-state index contributed by atoms with van der Waals surface area (Å²) in [5.41, 5.74) is 1.29. The molecule has 0 radical (unpaired) electrons. The second kappa shape index (κ2) is 5.19. The Morgan fingerprint density at radius 1 is 1.41 bits per heavy atom. The molecule has 1 N–H and O–H groups in total. The summed E-state index contributed by atoms with van der Waals surface area (Å²) in [7, 11) is 2.00. The van der Waals surface area contributed by atoms with E-state index in [0.29, 0.717) is 18.1 Å². The van der Waals surface area contributed by atoms with Crippen molar-refractivity contribution in [1.29, 1.82) is 0 Å². The molecule has 0 amide bonds. The lowest BCUT2D eigenvalue weighted by Crippen LogP contribution is -2.29. The van der Waals surface area contributed by atoms with Gasteiger partial charge in [0, 0.05) is 31.4 Å². The molecule has 0 saturated carbocycles. The number of aromatic nitrogens is 2. The Kier molecular flexibility index (Phi) is 3.84. The predicted octanol–water partition coefficient (Wildman–Crippen LogP) is 1.82. The third kappa shape index (κ3) is 2.53. The Labute approximate surface area is 104 Å². The van der Waals surface area contributed by atoms with Crippen LogP contribution in [0.3, 0.4) is 0 Å². The third-order valence-corrected chi connectivity index (χ3v) is 3.85. The van der Waals surface area contributed by atoms with Crippen LogP contribution in [0.2, 0.25) is 0 Å². The van der Waals surface area contributed by atoms with E-state index >= 15 is 0 Å². The average molecular weight is 236 g/mol. The maximum atomic E-state index is 4.51. The second-order valence-corrected chi connectivity index (χ2v) is 5.24. The molecule has 2 rings (SSSR count).